The van der Waals surface area contributed by atoms with Crippen molar-refractivity contribution < 1.29 is 23.0 Å². The van der Waals surface area contributed by atoms with Gasteiger partial charge < -0.3 is 29.0 Å². The minimum absolute atomic E-state index is 0.0481. The van der Waals surface area contributed by atoms with E-state index >= 15 is 8.78 Å². The summed E-state index contributed by atoms with van der Waals surface area (Å²) in [5.74, 6) is -1.91. The van der Waals surface area contributed by atoms with Crippen molar-refractivity contribution >= 4 is 51.1 Å². The fourth-order valence-electron chi connectivity index (χ4n) is 7.35. The number of hydrogen-bond acceptors (Lipinski definition) is 8. The van der Waals surface area contributed by atoms with Crippen molar-refractivity contribution in [3.63, 3.8) is 0 Å². The predicted octanol–water partition coefficient (Wildman–Crippen LogP) is 7.46. The quantitative estimate of drug-likeness (QED) is 0.0781. The van der Waals surface area contributed by atoms with Gasteiger partial charge in [-0.05, 0) is 54.5 Å². The van der Waals surface area contributed by atoms with E-state index in [0.717, 1.165) is 55.7 Å². The molecule has 0 bridgehead atoms. The second-order valence-electron chi connectivity index (χ2n) is 13.5. The Kier molecular flexibility index (Phi) is 11.6. The number of hydrogen-bond donors (Lipinski definition) is 0. The molecule has 7 rings (SSSR count). The van der Waals surface area contributed by atoms with Gasteiger partial charge in [0.15, 0.2) is 11.6 Å². The number of piperidine rings is 1. The van der Waals surface area contributed by atoms with Crippen molar-refractivity contribution in [2.45, 2.75) is 31.4 Å². The minimum Gasteiger partial charge on any atom is -0.460 e. The van der Waals surface area contributed by atoms with Crippen LogP contribution in [0.3, 0.4) is 0 Å². The molecule has 10 nitrogen and oxygen atoms in total. The highest BCUT2D eigenvalue weighted by atomic mass is 35.5. The number of carbonyl (C=O) groups is 1. The topological polar surface area (TPSA) is 88.3 Å². The van der Waals surface area contributed by atoms with E-state index < -0.39 is 23.6 Å². The lowest BCUT2D eigenvalue weighted by Crippen LogP contribution is -2.56. The SMILES string of the molecule is [C-]#[N+]C[C@H]1CN(c2nc(OC3CCN(CCCOC)CC3)nc3c(F)c(-c4cccc5cccc(Cl)c45)ccc23)CCN1C(=O)/C(F)=C/c1ccccn1. The third-order valence-corrected chi connectivity index (χ3v) is 10.4. The van der Waals surface area contributed by atoms with Gasteiger partial charge in [-0.3, -0.25) is 9.78 Å². The summed E-state index contributed by atoms with van der Waals surface area (Å²) in [7, 11) is 1.70. The second-order valence-corrected chi connectivity index (χ2v) is 13.9. The number of likely N-dealkylation sites (tertiary alicyclic amines) is 1. The number of ether oxygens (including phenoxy) is 2. The van der Waals surface area contributed by atoms with E-state index in [1.54, 1.807) is 43.5 Å². The molecule has 3 aromatic carbocycles. The van der Waals surface area contributed by atoms with Crippen LogP contribution < -0.4 is 9.64 Å². The van der Waals surface area contributed by atoms with Gasteiger partial charge >= 0.3 is 6.01 Å². The maximum atomic E-state index is 17.0. The van der Waals surface area contributed by atoms with Crippen LogP contribution in [0.4, 0.5) is 14.6 Å². The summed E-state index contributed by atoms with van der Waals surface area (Å²) in [5.41, 5.74) is 1.36. The van der Waals surface area contributed by atoms with Crippen molar-refractivity contribution in [3.05, 3.63) is 107 Å². The minimum atomic E-state index is -0.965. The van der Waals surface area contributed by atoms with Crippen LogP contribution in [-0.4, -0.2) is 102 Å². The number of anilines is 1. The second kappa shape index (κ2) is 16.8. The van der Waals surface area contributed by atoms with Crippen LogP contribution in [0.2, 0.25) is 5.02 Å². The zero-order chi connectivity index (χ0) is 37.6. The molecule has 1 atom stereocenters. The van der Waals surface area contributed by atoms with Gasteiger partial charge in [-0.25, -0.2) is 15.4 Å². The molecule has 2 aromatic heterocycles. The molecule has 2 fully saturated rings. The molecule has 5 aromatic rings. The monoisotopic (exact) mass is 751 g/mol. The number of carbonyl (C=O) groups excluding carboxylic acids is 1. The Morgan fingerprint density at radius 1 is 1.02 bits per heavy atom. The lowest BCUT2D eigenvalue weighted by atomic mass is 9.96. The van der Waals surface area contributed by atoms with E-state index in [2.05, 4.69) is 19.7 Å². The van der Waals surface area contributed by atoms with E-state index in [-0.39, 0.29) is 43.8 Å². The van der Waals surface area contributed by atoms with Gasteiger partial charge in [-0.1, -0.05) is 54.1 Å². The Bertz CT molecular complexity index is 2200. The summed E-state index contributed by atoms with van der Waals surface area (Å²) < 4.78 is 43.9. The zero-order valence-corrected chi connectivity index (χ0v) is 30.7. The predicted molar refractivity (Wildman–Crippen MR) is 207 cm³/mol. The molecule has 2 aliphatic heterocycles. The van der Waals surface area contributed by atoms with Crippen LogP contribution in [0, 0.1) is 12.4 Å². The highest BCUT2D eigenvalue weighted by Gasteiger charge is 2.36. The Morgan fingerprint density at radius 3 is 2.59 bits per heavy atom. The van der Waals surface area contributed by atoms with Crippen LogP contribution in [0.5, 0.6) is 6.01 Å². The van der Waals surface area contributed by atoms with Gasteiger partial charge in [0.25, 0.3) is 5.91 Å². The normalized spacial score (nSPS) is 17.2. The molecule has 4 heterocycles. The Hall–Kier alpha value is -5.22. The number of piperazine rings is 1. The van der Waals surface area contributed by atoms with Gasteiger partial charge in [0.2, 0.25) is 6.54 Å². The molecule has 54 heavy (non-hydrogen) atoms. The molecule has 1 amide bonds. The van der Waals surface area contributed by atoms with Gasteiger partial charge in [0.1, 0.15) is 23.5 Å². The Balaban J connectivity index is 1.23. The zero-order valence-electron chi connectivity index (χ0n) is 29.9. The van der Waals surface area contributed by atoms with Crippen LogP contribution in [-0.2, 0) is 9.53 Å². The maximum absolute atomic E-state index is 17.0. The molecule has 0 aliphatic carbocycles. The van der Waals surface area contributed by atoms with Gasteiger partial charge in [-0.15, -0.1) is 0 Å². The smallest absolute Gasteiger partial charge is 0.319 e. The van der Waals surface area contributed by atoms with Crippen molar-refractivity contribution in [2.75, 3.05) is 64.4 Å². The first-order valence-electron chi connectivity index (χ1n) is 18.1. The summed E-state index contributed by atoms with van der Waals surface area (Å²) in [5, 5.41) is 2.57. The summed E-state index contributed by atoms with van der Waals surface area (Å²) >= 11 is 6.66. The first-order valence-corrected chi connectivity index (χ1v) is 18.5. The standard InChI is InChI=1S/C41H40ClF2N7O3/c1-45-25-29-26-50(21-22-51(29)40(52)35(43)24-28-10-3-4-17-46-28)39-33-14-13-32(31-11-5-8-27-9-6-12-34(42)36(27)31)37(44)38(33)47-41(48-39)54-30-15-19-49(20-16-30)18-7-23-53-2/h3-6,8-14,17,24,29-30H,7,15-16,18-23,25-26H2,2H3/b35-24-/t29-/m0/s1. The molecule has 0 unspecified atom stereocenters. The lowest BCUT2D eigenvalue weighted by Gasteiger charge is -2.40. The van der Waals surface area contributed by atoms with Crippen LogP contribution in [0.1, 0.15) is 25.0 Å². The van der Waals surface area contributed by atoms with Crippen molar-refractivity contribution in [1.82, 2.24) is 24.8 Å². The molecule has 0 radical (unpaired) electrons. The van der Waals surface area contributed by atoms with E-state index in [1.807, 2.05) is 35.2 Å². The lowest BCUT2D eigenvalue weighted by molar-refractivity contribution is -0.130. The van der Waals surface area contributed by atoms with Gasteiger partial charge in [0.05, 0.1) is 5.69 Å². The van der Waals surface area contributed by atoms with Crippen LogP contribution in [0.15, 0.2) is 78.8 Å². The van der Waals surface area contributed by atoms with E-state index in [1.165, 1.54) is 11.1 Å². The van der Waals surface area contributed by atoms with Crippen molar-refractivity contribution in [3.8, 4) is 17.1 Å². The largest absolute Gasteiger partial charge is 0.460 e. The fourth-order valence-corrected chi connectivity index (χ4v) is 7.63. The van der Waals surface area contributed by atoms with Crippen molar-refractivity contribution in [1.29, 1.82) is 0 Å². The number of methoxy groups -OCH3 is 1. The van der Waals surface area contributed by atoms with E-state index in [4.69, 9.17) is 32.6 Å². The Morgan fingerprint density at radius 2 is 1.83 bits per heavy atom. The molecular weight excluding hydrogens is 712 g/mol. The first-order chi connectivity index (χ1) is 26.3. The summed E-state index contributed by atoms with van der Waals surface area (Å²) in [6.45, 7) is 11.4. The number of fused-ring (bicyclic) bond motifs is 2. The highest BCUT2D eigenvalue weighted by Crippen LogP contribution is 2.39. The highest BCUT2D eigenvalue weighted by molar-refractivity contribution is 6.36. The number of pyridine rings is 1. The summed E-state index contributed by atoms with van der Waals surface area (Å²) in [6, 6.07) is 19.1. The summed E-state index contributed by atoms with van der Waals surface area (Å²) in [4.78, 5) is 36.2. The number of rotatable bonds is 11. The molecule has 2 aliphatic rings. The molecule has 0 saturated carbocycles. The van der Waals surface area contributed by atoms with Gasteiger partial charge in [-0.2, -0.15) is 9.97 Å². The van der Waals surface area contributed by atoms with Crippen molar-refractivity contribution in [2.24, 2.45) is 0 Å². The average Bonchev–Trinajstić information content (AvgIpc) is 3.19. The van der Waals surface area contributed by atoms with E-state index in [9.17, 15) is 4.79 Å². The number of benzene rings is 3. The number of nitrogens with zero attached hydrogens (tertiary/aromatic N) is 7. The van der Waals surface area contributed by atoms with Crippen LogP contribution in [0.25, 0.3) is 43.7 Å². The number of halogens is 3. The third kappa shape index (κ3) is 7.99. The Labute approximate surface area is 317 Å². The van der Waals surface area contributed by atoms with E-state index in [0.29, 0.717) is 39.7 Å². The number of amides is 1. The van der Waals surface area contributed by atoms with Gasteiger partial charge in [0, 0.05) is 86.6 Å². The molecule has 0 N–H and O–H groups in total. The molecule has 0 spiro atoms. The molecular formula is C41H40ClF2N7O3. The number of aromatic nitrogens is 3. The molecule has 13 heteroatoms. The first kappa shape index (κ1) is 37.1. The maximum Gasteiger partial charge on any atom is 0.319 e. The fraction of sp³-hybridized carbons (Fsp3) is 0.341. The molecule has 278 valence electrons. The third-order valence-electron chi connectivity index (χ3n) is 10.1. The summed E-state index contributed by atoms with van der Waals surface area (Å²) in [6.07, 6.45) is 4.90. The van der Waals surface area contributed by atoms with Crippen LogP contribution >= 0.6 is 11.6 Å². The molecule has 2 saturated heterocycles. The average molecular weight is 752 g/mol.